The molecule has 2 rings (SSSR count). The van der Waals surface area contributed by atoms with Gasteiger partial charge in [-0.25, -0.2) is 0 Å². The molecule has 0 bridgehead atoms. The van der Waals surface area contributed by atoms with E-state index in [1.165, 1.54) is 16.8 Å². The monoisotopic (exact) mass is 219 g/mol. The molecule has 1 fully saturated rings. The summed E-state index contributed by atoms with van der Waals surface area (Å²) in [6.45, 7) is 9.44. The van der Waals surface area contributed by atoms with Crippen LogP contribution in [-0.4, -0.2) is 23.3 Å². The first-order chi connectivity index (χ1) is 7.42. The van der Waals surface area contributed by atoms with E-state index in [1.54, 1.807) is 0 Å². The first-order valence-electron chi connectivity index (χ1n) is 5.94. The minimum absolute atomic E-state index is 0.0535. The molecule has 88 valence electrons. The second-order valence-corrected chi connectivity index (χ2v) is 5.50. The van der Waals surface area contributed by atoms with Crippen LogP contribution in [0.1, 0.15) is 31.4 Å². The lowest BCUT2D eigenvalue weighted by Gasteiger charge is -2.34. The van der Waals surface area contributed by atoms with Gasteiger partial charge in [-0.2, -0.15) is 0 Å². The summed E-state index contributed by atoms with van der Waals surface area (Å²) < 4.78 is 0. The summed E-state index contributed by atoms with van der Waals surface area (Å²) in [6.07, 6.45) is 0.648. The number of hydrogen-bond acceptors (Lipinski definition) is 2. The van der Waals surface area contributed by atoms with Crippen LogP contribution in [-0.2, 0) is 0 Å². The summed E-state index contributed by atoms with van der Waals surface area (Å²) in [6, 6.07) is 6.39. The number of hydrogen-bond donors (Lipinski definition) is 1. The van der Waals surface area contributed by atoms with Crippen molar-refractivity contribution >= 4 is 5.69 Å². The molecule has 0 radical (unpaired) electrons. The molecule has 1 aliphatic rings. The van der Waals surface area contributed by atoms with Crippen LogP contribution in [0.25, 0.3) is 0 Å². The number of aliphatic hydroxyl groups excluding tert-OH is 1. The van der Waals surface area contributed by atoms with E-state index in [9.17, 15) is 5.11 Å². The number of β-amino-alcohol motifs (C(OH)–C–C–N with tert-alkyl or cyclic N) is 1. The van der Waals surface area contributed by atoms with E-state index in [2.05, 4.69) is 50.8 Å². The van der Waals surface area contributed by atoms with E-state index in [0.29, 0.717) is 0 Å². The summed E-state index contributed by atoms with van der Waals surface area (Å²) in [7, 11) is 0. The lowest BCUT2D eigenvalue weighted by Crippen LogP contribution is -2.38. The zero-order chi connectivity index (χ0) is 11.9. The molecule has 0 amide bonds. The molecular formula is C14H21NO. The van der Waals surface area contributed by atoms with E-state index in [-0.39, 0.29) is 11.6 Å². The Kier molecular flexibility index (Phi) is 2.70. The van der Waals surface area contributed by atoms with Crippen LogP contribution < -0.4 is 4.90 Å². The number of nitrogens with zero attached hydrogens (tertiary/aromatic N) is 1. The lowest BCUT2D eigenvalue weighted by molar-refractivity contribution is 0.188. The smallest absolute Gasteiger partial charge is 0.0737 e. The molecule has 1 heterocycles. The largest absolute Gasteiger partial charge is 0.391 e. The first kappa shape index (κ1) is 11.5. The molecule has 0 aliphatic carbocycles. The van der Waals surface area contributed by atoms with Crippen LogP contribution in [0.15, 0.2) is 18.2 Å². The third-order valence-corrected chi connectivity index (χ3v) is 3.73. The van der Waals surface area contributed by atoms with Crippen molar-refractivity contribution < 1.29 is 5.11 Å². The molecule has 0 aromatic heterocycles. The number of aliphatic hydroxyl groups is 1. The van der Waals surface area contributed by atoms with Crippen molar-refractivity contribution in [1.82, 2.24) is 0 Å². The molecular weight excluding hydrogens is 198 g/mol. The topological polar surface area (TPSA) is 23.5 Å². The summed E-state index contributed by atoms with van der Waals surface area (Å²) in [4.78, 5) is 2.33. The Bertz CT molecular complexity index is 398. The highest BCUT2D eigenvalue weighted by molar-refractivity contribution is 5.58. The molecule has 1 atom stereocenters. The van der Waals surface area contributed by atoms with Crippen molar-refractivity contribution in [3.8, 4) is 0 Å². The van der Waals surface area contributed by atoms with Gasteiger partial charge in [-0.1, -0.05) is 12.1 Å². The second-order valence-electron chi connectivity index (χ2n) is 5.50. The van der Waals surface area contributed by atoms with Gasteiger partial charge in [-0.3, -0.25) is 0 Å². The number of benzene rings is 1. The standard InChI is InChI=1S/C14H21NO/c1-10-6-5-7-13(11(10)2)15-9-12(16)8-14(15,3)4/h5-7,12,16H,8-9H2,1-4H3. The number of rotatable bonds is 1. The average Bonchev–Trinajstić information content (AvgIpc) is 2.44. The minimum atomic E-state index is -0.199. The van der Waals surface area contributed by atoms with Crippen molar-refractivity contribution in [2.24, 2.45) is 0 Å². The van der Waals surface area contributed by atoms with Crippen molar-refractivity contribution in [3.05, 3.63) is 29.3 Å². The van der Waals surface area contributed by atoms with Crippen molar-refractivity contribution in [2.75, 3.05) is 11.4 Å². The summed E-state index contributed by atoms with van der Waals surface area (Å²) in [5.74, 6) is 0. The fourth-order valence-electron chi connectivity index (χ4n) is 2.66. The maximum Gasteiger partial charge on any atom is 0.0737 e. The predicted molar refractivity (Wildman–Crippen MR) is 68.0 cm³/mol. The van der Waals surface area contributed by atoms with Gasteiger partial charge in [0.25, 0.3) is 0 Å². The van der Waals surface area contributed by atoms with Gasteiger partial charge in [0.15, 0.2) is 0 Å². The molecule has 1 saturated heterocycles. The number of aryl methyl sites for hydroxylation is 1. The Labute approximate surface area is 97.9 Å². The lowest BCUT2D eigenvalue weighted by atomic mass is 9.99. The molecule has 0 saturated carbocycles. The normalized spacial score (nSPS) is 23.8. The van der Waals surface area contributed by atoms with Gasteiger partial charge < -0.3 is 10.0 Å². The van der Waals surface area contributed by atoms with Crippen LogP contribution in [0.4, 0.5) is 5.69 Å². The van der Waals surface area contributed by atoms with Crippen LogP contribution >= 0.6 is 0 Å². The Morgan fingerprint density at radius 3 is 2.56 bits per heavy atom. The van der Waals surface area contributed by atoms with Crippen molar-refractivity contribution in [1.29, 1.82) is 0 Å². The molecule has 2 heteroatoms. The Morgan fingerprint density at radius 2 is 2.00 bits per heavy atom. The van der Waals surface area contributed by atoms with Gasteiger partial charge in [0.1, 0.15) is 0 Å². The molecule has 1 N–H and O–H groups in total. The Balaban J connectivity index is 2.41. The highest BCUT2D eigenvalue weighted by atomic mass is 16.3. The Hall–Kier alpha value is -1.02. The quantitative estimate of drug-likeness (QED) is 0.785. The van der Waals surface area contributed by atoms with Gasteiger partial charge in [0.2, 0.25) is 0 Å². The summed E-state index contributed by atoms with van der Waals surface area (Å²) >= 11 is 0. The van der Waals surface area contributed by atoms with E-state index in [1.807, 2.05) is 0 Å². The molecule has 16 heavy (non-hydrogen) atoms. The number of anilines is 1. The zero-order valence-electron chi connectivity index (χ0n) is 10.6. The molecule has 2 nitrogen and oxygen atoms in total. The van der Waals surface area contributed by atoms with Crippen LogP contribution in [0, 0.1) is 13.8 Å². The fourth-order valence-corrected chi connectivity index (χ4v) is 2.66. The fraction of sp³-hybridized carbons (Fsp3) is 0.571. The minimum Gasteiger partial charge on any atom is -0.391 e. The third kappa shape index (κ3) is 1.82. The van der Waals surface area contributed by atoms with Crippen molar-refractivity contribution in [3.63, 3.8) is 0 Å². The molecule has 1 aliphatic heterocycles. The predicted octanol–water partition coefficient (Wildman–Crippen LogP) is 2.65. The van der Waals surface area contributed by atoms with Crippen molar-refractivity contribution in [2.45, 2.75) is 45.8 Å². The summed E-state index contributed by atoms with van der Waals surface area (Å²) in [5, 5.41) is 9.82. The third-order valence-electron chi connectivity index (χ3n) is 3.73. The van der Waals surface area contributed by atoms with E-state index >= 15 is 0 Å². The molecule has 1 unspecified atom stereocenters. The second kappa shape index (κ2) is 3.77. The SMILES string of the molecule is Cc1cccc(N2CC(O)CC2(C)C)c1C. The first-order valence-corrected chi connectivity index (χ1v) is 5.94. The molecule has 1 aromatic carbocycles. The van der Waals surface area contributed by atoms with Gasteiger partial charge in [-0.15, -0.1) is 0 Å². The van der Waals surface area contributed by atoms with E-state index in [4.69, 9.17) is 0 Å². The van der Waals surface area contributed by atoms with Gasteiger partial charge in [0, 0.05) is 17.8 Å². The van der Waals surface area contributed by atoms with Gasteiger partial charge >= 0.3 is 0 Å². The van der Waals surface area contributed by atoms with Gasteiger partial charge in [-0.05, 0) is 51.3 Å². The zero-order valence-corrected chi connectivity index (χ0v) is 10.6. The van der Waals surface area contributed by atoms with E-state index in [0.717, 1.165) is 13.0 Å². The maximum absolute atomic E-state index is 9.82. The van der Waals surface area contributed by atoms with Gasteiger partial charge in [0.05, 0.1) is 6.10 Å². The highest BCUT2D eigenvalue weighted by Crippen LogP contribution is 2.36. The summed E-state index contributed by atoms with van der Waals surface area (Å²) in [5.41, 5.74) is 3.96. The van der Waals surface area contributed by atoms with E-state index < -0.39 is 0 Å². The highest BCUT2D eigenvalue weighted by Gasteiger charge is 2.38. The Morgan fingerprint density at radius 1 is 1.31 bits per heavy atom. The van der Waals surface area contributed by atoms with Crippen LogP contribution in [0.3, 0.4) is 0 Å². The molecule has 0 spiro atoms. The average molecular weight is 219 g/mol. The van der Waals surface area contributed by atoms with Crippen LogP contribution in [0.5, 0.6) is 0 Å². The molecule has 1 aromatic rings. The maximum atomic E-state index is 9.82. The van der Waals surface area contributed by atoms with Crippen LogP contribution in [0.2, 0.25) is 0 Å².